The number of aliphatic hydroxyl groups excluding tert-OH is 1. The molecule has 1 N–H and O–H groups in total. The highest BCUT2D eigenvalue weighted by Crippen LogP contribution is 2.26. The molecule has 1 amide bonds. The van der Waals surface area contributed by atoms with Gasteiger partial charge < -0.3 is 10.0 Å². The maximum absolute atomic E-state index is 12.3. The van der Waals surface area contributed by atoms with Gasteiger partial charge in [-0.25, -0.2) is 0 Å². The molecule has 0 aliphatic heterocycles. The topological polar surface area (TPSA) is 40.5 Å². The Morgan fingerprint density at radius 3 is 2.55 bits per heavy atom. The van der Waals surface area contributed by atoms with Crippen molar-refractivity contribution in [1.29, 1.82) is 0 Å². The van der Waals surface area contributed by atoms with Gasteiger partial charge in [-0.1, -0.05) is 23.8 Å². The van der Waals surface area contributed by atoms with Crippen LogP contribution in [-0.4, -0.2) is 35.6 Å². The van der Waals surface area contributed by atoms with Gasteiger partial charge in [-0.2, -0.15) is 0 Å². The predicted molar refractivity (Wildman–Crippen MR) is 90.6 cm³/mol. The molecule has 22 heavy (non-hydrogen) atoms. The van der Waals surface area contributed by atoms with E-state index in [2.05, 4.69) is 32.0 Å². The van der Waals surface area contributed by atoms with Crippen LogP contribution in [0.5, 0.6) is 0 Å². The van der Waals surface area contributed by atoms with Gasteiger partial charge in [0.15, 0.2) is 0 Å². The first-order chi connectivity index (χ1) is 10.5. The summed E-state index contributed by atoms with van der Waals surface area (Å²) in [5.41, 5.74) is 3.52. The van der Waals surface area contributed by atoms with Gasteiger partial charge in [-0.3, -0.25) is 4.79 Å². The first-order valence-electron chi connectivity index (χ1n) is 8.14. The monoisotopic (exact) mass is 301 g/mol. The summed E-state index contributed by atoms with van der Waals surface area (Å²) in [4.78, 5) is 14.2. The van der Waals surface area contributed by atoms with Crippen LogP contribution in [-0.2, 0) is 4.79 Å². The summed E-state index contributed by atoms with van der Waals surface area (Å²) >= 11 is 0. The molecule has 1 aromatic rings. The van der Waals surface area contributed by atoms with Crippen molar-refractivity contribution >= 4 is 12.0 Å². The lowest BCUT2D eigenvalue weighted by molar-refractivity contribution is -0.127. The molecule has 1 aliphatic rings. The van der Waals surface area contributed by atoms with Crippen LogP contribution in [0.25, 0.3) is 6.08 Å². The molecule has 1 saturated carbocycles. The Hall–Kier alpha value is -1.61. The average molecular weight is 301 g/mol. The number of hydrogen-bond acceptors (Lipinski definition) is 2. The number of rotatable bonds is 4. The second-order valence-corrected chi connectivity index (χ2v) is 6.50. The molecule has 0 radical (unpaired) electrons. The zero-order valence-corrected chi connectivity index (χ0v) is 13.9. The van der Waals surface area contributed by atoms with Crippen molar-refractivity contribution in [3.8, 4) is 0 Å². The van der Waals surface area contributed by atoms with Crippen molar-refractivity contribution in [2.75, 3.05) is 13.7 Å². The Kier molecular flexibility index (Phi) is 5.78. The molecule has 1 aromatic carbocycles. The molecule has 0 atom stereocenters. The highest BCUT2D eigenvalue weighted by molar-refractivity contribution is 5.92. The molecule has 2 rings (SSSR count). The largest absolute Gasteiger partial charge is 0.396 e. The molecule has 1 fully saturated rings. The fourth-order valence-electron chi connectivity index (χ4n) is 3.19. The lowest BCUT2D eigenvalue weighted by Crippen LogP contribution is -2.39. The smallest absolute Gasteiger partial charge is 0.246 e. The fraction of sp³-hybridized carbons (Fsp3) is 0.526. The maximum Gasteiger partial charge on any atom is 0.246 e. The number of aliphatic hydroxyl groups is 1. The van der Waals surface area contributed by atoms with Crippen LogP contribution in [0.2, 0.25) is 0 Å². The Balaban J connectivity index is 1.95. The molecule has 120 valence electrons. The summed E-state index contributed by atoms with van der Waals surface area (Å²) in [6, 6.07) is 6.56. The van der Waals surface area contributed by atoms with Gasteiger partial charge in [-0.15, -0.1) is 0 Å². The molecule has 1 aliphatic carbocycles. The van der Waals surface area contributed by atoms with E-state index in [1.165, 1.54) is 11.1 Å². The first kappa shape index (κ1) is 16.8. The SMILES string of the molecule is Cc1ccc(/C=C/C(=O)N(C)C2CCC(CO)CC2)c(C)c1. The van der Waals surface area contributed by atoms with E-state index in [0.29, 0.717) is 12.0 Å². The van der Waals surface area contributed by atoms with Crippen LogP contribution in [0.15, 0.2) is 24.3 Å². The number of carbonyl (C=O) groups is 1. The number of likely N-dealkylation sites (N-methyl/N-ethyl adjacent to an activating group) is 1. The third-order valence-electron chi connectivity index (χ3n) is 4.80. The van der Waals surface area contributed by atoms with Crippen LogP contribution >= 0.6 is 0 Å². The third kappa shape index (κ3) is 4.20. The van der Waals surface area contributed by atoms with Crippen molar-refractivity contribution in [2.45, 2.75) is 45.6 Å². The van der Waals surface area contributed by atoms with Crippen LogP contribution in [0.3, 0.4) is 0 Å². The molecule has 0 aromatic heterocycles. The van der Waals surface area contributed by atoms with Crippen LogP contribution < -0.4 is 0 Å². The summed E-state index contributed by atoms with van der Waals surface area (Å²) < 4.78 is 0. The van der Waals surface area contributed by atoms with Gasteiger partial charge in [0.1, 0.15) is 0 Å². The third-order valence-corrected chi connectivity index (χ3v) is 4.80. The zero-order valence-electron chi connectivity index (χ0n) is 13.9. The standard InChI is InChI=1S/C19H27NO2/c1-14-4-7-17(15(2)12-14)8-11-19(22)20(3)18-9-5-16(13-21)6-10-18/h4,7-8,11-12,16,18,21H,5-6,9-10,13H2,1-3H3/b11-8+. The summed E-state index contributed by atoms with van der Waals surface area (Å²) in [6.07, 6.45) is 7.59. The van der Waals surface area contributed by atoms with Crippen molar-refractivity contribution in [3.05, 3.63) is 41.0 Å². The van der Waals surface area contributed by atoms with Gasteiger partial charge in [0.2, 0.25) is 5.91 Å². The number of benzene rings is 1. The van der Waals surface area contributed by atoms with E-state index in [1.807, 2.05) is 18.0 Å². The fourth-order valence-corrected chi connectivity index (χ4v) is 3.19. The van der Waals surface area contributed by atoms with E-state index in [4.69, 9.17) is 0 Å². The highest BCUT2D eigenvalue weighted by atomic mass is 16.3. The Morgan fingerprint density at radius 2 is 1.95 bits per heavy atom. The summed E-state index contributed by atoms with van der Waals surface area (Å²) in [7, 11) is 1.89. The van der Waals surface area contributed by atoms with E-state index < -0.39 is 0 Å². The van der Waals surface area contributed by atoms with E-state index >= 15 is 0 Å². The molecule has 0 unspecified atom stereocenters. The van der Waals surface area contributed by atoms with E-state index in [9.17, 15) is 9.90 Å². The Labute approximate surface area is 133 Å². The minimum Gasteiger partial charge on any atom is -0.396 e. The highest BCUT2D eigenvalue weighted by Gasteiger charge is 2.25. The number of nitrogens with zero attached hydrogens (tertiary/aromatic N) is 1. The number of hydrogen-bond donors (Lipinski definition) is 1. The average Bonchev–Trinajstić information content (AvgIpc) is 2.53. The normalized spacial score (nSPS) is 22.0. The Morgan fingerprint density at radius 1 is 1.27 bits per heavy atom. The number of amides is 1. The van der Waals surface area contributed by atoms with Gasteiger partial charge >= 0.3 is 0 Å². The first-order valence-corrected chi connectivity index (χ1v) is 8.14. The molecule has 3 heteroatoms. The summed E-state index contributed by atoms with van der Waals surface area (Å²) in [6.45, 7) is 4.41. The Bertz CT molecular complexity index is 542. The van der Waals surface area contributed by atoms with Crippen LogP contribution in [0.4, 0.5) is 0 Å². The minimum atomic E-state index is 0.0624. The van der Waals surface area contributed by atoms with Crippen molar-refractivity contribution in [2.24, 2.45) is 5.92 Å². The van der Waals surface area contributed by atoms with E-state index in [-0.39, 0.29) is 12.5 Å². The lowest BCUT2D eigenvalue weighted by Gasteiger charge is -2.33. The molecule has 0 saturated heterocycles. The second kappa shape index (κ2) is 7.59. The van der Waals surface area contributed by atoms with Gasteiger partial charge in [0, 0.05) is 25.8 Å². The minimum absolute atomic E-state index is 0.0624. The van der Waals surface area contributed by atoms with Gasteiger partial charge in [-0.05, 0) is 62.7 Å². The number of carbonyl (C=O) groups excluding carboxylic acids is 1. The predicted octanol–water partition coefficient (Wildman–Crippen LogP) is 3.33. The molecular weight excluding hydrogens is 274 g/mol. The van der Waals surface area contributed by atoms with Crippen LogP contribution in [0, 0.1) is 19.8 Å². The summed E-state index contributed by atoms with van der Waals surface area (Å²) in [5.74, 6) is 0.484. The van der Waals surface area contributed by atoms with Gasteiger partial charge in [0.05, 0.1) is 0 Å². The van der Waals surface area contributed by atoms with Crippen molar-refractivity contribution < 1.29 is 9.90 Å². The number of aryl methyl sites for hydroxylation is 2. The molecular formula is C19H27NO2. The van der Waals surface area contributed by atoms with E-state index in [0.717, 1.165) is 31.2 Å². The van der Waals surface area contributed by atoms with Crippen LogP contribution in [0.1, 0.15) is 42.4 Å². The zero-order chi connectivity index (χ0) is 16.1. The molecule has 0 bridgehead atoms. The quantitative estimate of drug-likeness (QED) is 0.867. The van der Waals surface area contributed by atoms with Gasteiger partial charge in [0.25, 0.3) is 0 Å². The summed E-state index contributed by atoms with van der Waals surface area (Å²) in [5, 5.41) is 9.19. The van der Waals surface area contributed by atoms with Crippen molar-refractivity contribution in [1.82, 2.24) is 4.90 Å². The maximum atomic E-state index is 12.3. The molecule has 0 heterocycles. The van der Waals surface area contributed by atoms with E-state index in [1.54, 1.807) is 6.08 Å². The lowest BCUT2D eigenvalue weighted by atomic mass is 9.86. The molecule has 0 spiro atoms. The second-order valence-electron chi connectivity index (χ2n) is 6.50. The molecule has 3 nitrogen and oxygen atoms in total. The van der Waals surface area contributed by atoms with Crippen molar-refractivity contribution in [3.63, 3.8) is 0 Å².